The van der Waals surface area contributed by atoms with Gasteiger partial charge in [0.2, 0.25) is 5.78 Å². The Morgan fingerprint density at radius 2 is 1.86 bits per heavy atom. The molecule has 0 atom stereocenters. The Hall–Kier alpha value is -2.17. The van der Waals surface area contributed by atoms with E-state index in [0.29, 0.717) is 21.1 Å². The highest BCUT2D eigenvalue weighted by atomic mass is 35.5. The third-order valence-corrected chi connectivity index (χ3v) is 3.61. The number of aromatic nitrogens is 3. The van der Waals surface area contributed by atoms with Gasteiger partial charge in [-0.1, -0.05) is 29.3 Å². The summed E-state index contributed by atoms with van der Waals surface area (Å²) in [5.74, 6) is 0.0175. The largest absolute Gasteiger partial charge is 0.335 e. The van der Waals surface area contributed by atoms with Crippen LogP contribution in [0.25, 0.3) is 17.1 Å². The fraction of sp³-hybridized carbons (Fsp3) is 0. The van der Waals surface area contributed by atoms with Gasteiger partial charge in [-0.3, -0.25) is 9.78 Å². The van der Waals surface area contributed by atoms with Gasteiger partial charge < -0.3 is 4.98 Å². The first-order chi connectivity index (χ1) is 10.1. The number of benzene rings is 1. The Morgan fingerprint density at radius 1 is 1.14 bits per heavy atom. The molecule has 104 valence electrons. The van der Waals surface area contributed by atoms with Gasteiger partial charge in [0.25, 0.3) is 0 Å². The van der Waals surface area contributed by atoms with Crippen molar-refractivity contribution in [2.45, 2.75) is 0 Å². The lowest BCUT2D eigenvalue weighted by atomic mass is 10.2. The predicted octanol–water partition coefficient (Wildman–Crippen LogP) is 4.16. The van der Waals surface area contributed by atoms with Gasteiger partial charge in [0.15, 0.2) is 5.82 Å². The molecule has 0 amide bonds. The SMILES string of the molecule is O=C(/C=C/c1ccncc1)c1nc2cc(Cl)c(Cl)cc2[nH]1. The number of pyridine rings is 1. The number of halogens is 2. The Labute approximate surface area is 130 Å². The molecule has 4 nitrogen and oxygen atoms in total. The maximum atomic E-state index is 12.1. The Bertz CT molecular complexity index is 802. The van der Waals surface area contributed by atoms with Crippen molar-refractivity contribution in [3.63, 3.8) is 0 Å². The van der Waals surface area contributed by atoms with Crippen LogP contribution in [0.4, 0.5) is 0 Å². The zero-order valence-electron chi connectivity index (χ0n) is 10.7. The molecular weight excluding hydrogens is 309 g/mol. The minimum atomic E-state index is -0.227. The molecule has 0 aliphatic carbocycles. The molecule has 2 aromatic heterocycles. The Morgan fingerprint density at radius 3 is 2.62 bits per heavy atom. The molecule has 0 fully saturated rings. The summed E-state index contributed by atoms with van der Waals surface area (Å²) < 4.78 is 0. The molecule has 0 aliphatic rings. The zero-order chi connectivity index (χ0) is 14.8. The normalized spacial score (nSPS) is 11.3. The highest BCUT2D eigenvalue weighted by molar-refractivity contribution is 6.42. The second kappa shape index (κ2) is 5.68. The maximum Gasteiger partial charge on any atom is 0.221 e. The number of rotatable bonds is 3. The van der Waals surface area contributed by atoms with E-state index in [1.807, 2.05) is 12.1 Å². The summed E-state index contributed by atoms with van der Waals surface area (Å²) in [7, 11) is 0. The molecule has 0 radical (unpaired) electrons. The minimum Gasteiger partial charge on any atom is -0.335 e. The van der Waals surface area contributed by atoms with Gasteiger partial charge in [0, 0.05) is 12.4 Å². The van der Waals surface area contributed by atoms with Gasteiger partial charge in [-0.25, -0.2) is 4.98 Å². The number of carbonyl (C=O) groups is 1. The second-order valence-electron chi connectivity index (χ2n) is 4.35. The van der Waals surface area contributed by atoms with Gasteiger partial charge in [-0.15, -0.1) is 0 Å². The number of carbonyl (C=O) groups excluding carboxylic acids is 1. The van der Waals surface area contributed by atoms with Crippen LogP contribution in [-0.4, -0.2) is 20.7 Å². The van der Waals surface area contributed by atoms with Crippen LogP contribution in [0, 0.1) is 0 Å². The Balaban J connectivity index is 1.90. The van der Waals surface area contributed by atoms with Gasteiger partial charge in [-0.05, 0) is 35.9 Å². The average molecular weight is 318 g/mol. The van der Waals surface area contributed by atoms with Crippen molar-refractivity contribution in [1.82, 2.24) is 15.0 Å². The van der Waals surface area contributed by atoms with E-state index < -0.39 is 0 Å². The molecule has 0 bridgehead atoms. The summed E-state index contributed by atoms with van der Waals surface area (Å²) in [5.41, 5.74) is 2.16. The first kappa shape index (κ1) is 13.8. The van der Waals surface area contributed by atoms with Crippen LogP contribution in [0.1, 0.15) is 16.2 Å². The monoisotopic (exact) mass is 317 g/mol. The first-order valence-electron chi connectivity index (χ1n) is 6.11. The van der Waals surface area contributed by atoms with Crippen molar-refractivity contribution in [2.75, 3.05) is 0 Å². The number of ketones is 1. The Kier molecular flexibility index (Phi) is 3.73. The molecule has 1 N–H and O–H groups in total. The fourth-order valence-corrected chi connectivity index (χ4v) is 2.17. The molecule has 0 saturated carbocycles. The molecule has 3 rings (SSSR count). The van der Waals surface area contributed by atoms with Gasteiger partial charge in [0.1, 0.15) is 0 Å². The number of allylic oxidation sites excluding steroid dienone is 1. The molecule has 2 heterocycles. The number of nitrogens with one attached hydrogen (secondary N) is 1. The quantitative estimate of drug-likeness (QED) is 0.583. The second-order valence-corrected chi connectivity index (χ2v) is 5.16. The average Bonchev–Trinajstić information content (AvgIpc) is 2.89. The van der Waals surface area contributed by atoms with E-state index in [1.165, 1.54) is 6.08 Å². The van der Waals surface area contributed by atoms with Crippen LogP contribution < -0.4 is 0 Å². The summed E-state index contributed by atoms with van der Waals surface area (Å²) in [6.45, 7) is 0. The van der Waals surface area contributed by atoms with E-state index in [4.69, 9.17) is 23.2 Å². The summed E-state index contributed by atoms with van der Waals surface area (Å²) in [4.78, 5) is 23.2. The number of imidazole rings is 1. The van der Waals surface area contributed by atoms with Gasteiger partial charge in [0.05, 0.1) is 21.1 Å². The topological polar surface area (TPSA) is 58.6 Å². The van der Waals surface area contributed by atoms with Crippen LogP contribution in [0.15, 0.2) is 42.7 Å². The number of nitrogens with zero attached hydrogens (tertiary/aromatic N) is 2. The predicted molar refractivity (Wildman–Crippen MR) is 83.7 cm³/mol. The maximum absolute atomic E-state index is 12.1. The van der Waals surface area contributed by atoms with E-state index in [-0.39, 0.29) is 11.6 Å². The smallest absolute Gasteiger partial charge is 0.221 e. The van der Waals surface area contributed by atoms with Crippen molar-refractivity contribution in [3.05, 3.63) is 64.2 Å². The van der Waals surface area contributed by atoms with E-state index in [9.17, 15) is 4.79 Å². The zero-order valence-corrected chi connectivity index (χ0v) is 12.2. The third-order valence-electron chi connectivity index (χ3n) is 2.89. The van der Waals surface area contributed by atoms with Crippen molar-refractivity contribution in [2.24, 2.45) is 0 Å². The molecule has 0 spiro atoms. The lowest BCUT2D eigenvalue weighted by Gasteiger charge is -1.93. The van der Waals surface area contributed by atoms with Crippen LogP contribution >= 0.6 is 23.2 Å². The highest BCUT2D eigenvalue weighted by Gasteiger charge is 2.10. The van der Waals surface area contributed by atoms with E-state index in [1.54, 1.807) is 30.6 Å². The number of fused-ring (bicyclic) bond motifs is 1. The first-order valence-corrected chi connectivity index (χ1v) is 6.86. The molecule has 1 aromatic carbocycles. The standard InChI is InChI=1S/C15H9Cl2N3O/c16-10-7-12-13(8-11(10)17)20-15(19-12)14(21)2-1-9-3-5-18-6-4-9/h1-8H,(H,19,20)/b2-1+. The van der Waals surface area contributed by atoms with Crippen LogP contribution in [0.2, 0.25) is 10.0 Å². The number of hydrogen-bond donors (Lipinski definition) is 1. The molecule has 0 saturated heterocycles. The lowest BCUT2D eigenvalue weighted by molar-refractivity contribution is 0.103. The van der Waals surface area contributed by atoms with Crippen LogP contribution in [0.5, 0.6) is 0 Å². The summed E-state index contributed by atoms with van der Waals surface area (Å²) in [6.07, 6.45) is 6.48. The van der Waals surface area contributed by atoms with Crippen molar-refractivity contribution in [1.29, 1.82) is 0 Å². The van der Waals surface area contributed by atoms with Gasteiger partial charge >= 0.3 is 0 Å². The third kappa shape index (κ3) is 2.96. The van der Waals surface area contributed by atoms with E-state index >= 15 is 0 Å². The highest BCUT2D eigenvalue weighted by Crippen LogP contribution is 2.26. The fourth-order valence-electron chi connectivity index (χ4n) is 1.85. The van der Waals surface area contributed by atoms with Crippen LogP contribution in [-0.2, 0) is 0 Å². The summed E-state index contributed by atoms with van der Waals surface area (Å²) in [5, 5.41) is 0.820. The van der Waals surface area contributed by atoms with Crippen molar-refractivity contribution >= 4 is 46.1 Å². The summed E-state index contributed by atoms with van der Waals surface area (Å²) in [6, 6.07) is 6.89. The number of H-pyrrole nitrogens is 1. The molecule has 21 heavy (non-hydrogen) atoms. The van der Waals surface area contributed by atoms with Crippen LogP contribution in [0.3, 0.4) is 0 Å². The molecule has 0 aliphatic heterocycles. The van der Waals surface area contributed by atoms with E-state index in [2.05, 4.69) is 15.0 Å². The summed E-state index contributed by atoms with van der Waals surface area (Å²) >= 11 is 11.9. The number of hydrogen-bond acceptors (Lipinski definition) is 3. The van der Waals surface area contributed by atoms with Crippen molar-refractivity contribution < 1.29 is 4.79 Å². The molecular formula is C15H9Cl2N3O. The van der Waals surface area contributed by atoms with Crippen molar-refractivity contribution in [3.8, 4) is 0 Å². The lowest BCUT2D eigenvalue weighted by Crippen LogP contribution is -1.96. The minimum absolute atomic E-state index is 0.227. The number of aromatic amines is 1. The van der Waals surface area contributed by atoms with Gasteiger partial charge in [-0.2, -0.15) is 0 Å². The van der Waals surface area contributed by atoms with E-state index in [0.717, 1.165) is 5.56 Å². The molecule has 6 heteroatoms. The molecule has 3 aromatic rings. The molecule has 0 unspecified atom stereocenters.